The summed E-state index contributed by atoms with van der Waals surface area (Å²) >= 11 is 3.37. The van der Waals surface area contributed by atoms with Crippen molar-refractivity contribution < 1.29 is 0 Å². The molecule has 0 aliphatic heterocycles. The van der Waals surface area contributed by atoms with Crippen LogP contribution in [0.3, 0.4) is 0 Å². The van der Waals surface area contributed by atoms with Gasteiger partial charge in [0, 0.05) is 4.47 Å². The fourth-order valence-corrected chi connectivity index (χ4v) is 1.47. The van der Waals surface area contributed by atoms with Gasteiger partial charge in [-0.2, -0.15) is 5.10 Å². The molecule has 0 atom stereocenters. The SMILES string of the molecule is NCc1ncnn1-c1ccc(Br)cc1. The second-order valence-electron chi connectivity index (χ2n) is 2.77. The van der Waals surface area contributed by atoms with Gasteiger partial charge >= 0.3 is 0 Å². The predicted octanol–water partition coefficient (Wildman–Crippen LogP) is 1.49. The maximum absolute atomic E-state index is 5.53. The zero-order chi connectivity index (χ0) is 9.97. The van der Waals surface area contributed by atoms with Crippen molar-refractivity contribution >= 4 is 15.9 Å². The third-order valence-electron chi connectivity index (χ3n) is 1.87. The summed E-state index contributed by atoms with van der Waals surface area (Å²) in [7, 11) is 0. The van der Waals surface area contributed by atoms with Crippen LogP contribution in [0.25, 0.3) is 5.69 Å². The highest BCUT2D eigenvalue weighted by molar-refractivity contribution is 9.10. The molecule has 4 nitrogen and oxygen atoms in total. The van der Waals surface area contributed by atoms with Gasteiger partial charge in [-0.15, -0.1) is 0 Å². The highest BCUT2D eigenvalue weighted by Gasteiger charge is 2.03. The summed E-state index contributed by atoms with van der Waals surface area (Å²) in [5, 5.41) is 4.10. The molecule has 72 valence electrons. The Bertz CT molecular complexity index is 421. The first-order valence-electron chi connectivity index (χ1n) is 4.16. The van der Waals surface area contributed by atoms with Gasteiger partial charge in [0.2, 0.25) is 0 Å². The van der Waals surface area contributed by atoms with E-state index in [4.69, 9.17) is 5.73 Å². The lowest BCUT2D eigenvalue weighted by molar-refractivity contribution is 0.789. The van der Waals surface area contributed by atoms with E-state index in [1.165, 1.54) is 6.33 Å². The first kappa shape index (κ1) is 9.36. The standard InChI is InChI=1S/C9H9BrN4/c10-7-1-3-8(4-2-7)14-9(5-11)12-6-13-14/h1-4,6H,5,11H2. The Morgan fingerprint density at radius 3 is 2.64 bits per heavy atom. The molecule has 0 radical (unpaired) electrons. The molecule has 1 heterocycles. The average molecular weight is 253 g/mol. The second kappa shape index (κ2) is 3.89. The van der Waals surface area contributed by atoms with Crippen LogP contribution in [-0.4, -0.2) is 14.8 Å². The summed E-state index contributed by atoms with van der Waals surface area (Å²) in [4.78, 5) is 4.05. The van der Waals surface area contributed by atoms with Gasteiger partial charge in [0.05, 0.1) is 12.2 Å². The molecule has 1 aromatic carbocycles. The minimum Gasteiger partial charge on any atom is -0.324 e. The van der Waals surface area contributed by atoms with Crippen LogP contribution in [0.5, 0.6) is 0 Å². The third-order valence-corrected chi connectivity index (χ3v) is 2.40. The third kappa shape index (κ3) is 1.69. The fourth-order valence-electron chi connectivity index (χ4n) is 1.20. The van der Waals surface area contributed by atoms with Gasteiger partial charge in [-0.05, 0) is 24.3 Å². The normalized spacial score (nSPS) is 10.4. The average Bonchev–Trinajstić information content (AvgIpc) is 2.67. The zero-order valence-electron chi connectivity index (χ0n) is 7.39. The lowest BCUT2D eigenvalue weighted by Crippen LogP contribution is -2.07. The lowest BCUT2D eigenvalue weighted by atomic mass is 10.3. The largest absolute Gasteiger partial charge is 0.324 e. The van der Waals surface area contributed by atoms with E-state index >= 15 is 0 Å². The molecule has 0 bridgehead atoms. The predicted molar refractivity (Wildman–Crippen MR) is 57.0 cm³/mol. The molecule has 0 unspecified atom stereocenters. The Hall–Kier alpha value is -1.20. The van der Waals surface area contributed by atoms with E-state index in [0.717, 1.165) is 16.0 Å². The summed E-state index contributed by atoms with van der Waals surface area (Å²) < 4.78 is 2.77. The molecule has 0 amide bonds. The molecule has 5 heteroatoms. The number of rotatable bonds is 2. The van der Waals surface area contributed by atoms with E-state index in [-0.39, 0.29) is 0 Å². The lowest BCUT2D eigenvalue weighted by Gasteiger charge is -2.03. The van der Waals surface area contributed by atoms with Crippen molar-refractivity contribution in [1.82, 2.24) is 14.8 Å². The Morgan fingerprint density at radius 2 is 2.00 bits per heavy atom. The van der Waals surface area contributed by atoms with Crippen molar-refractivity contribution in [3.63, 3.8) is 0 Å². The van der Waals surface area contributed by atoms with Gasteiger partial charge in [-0.3, -0.25) is 0 Å². The maximum Gasteiger partial charge on any atom is 0.145 e. The van der Waals surface area contributed by atoms with Crippen LogP contribution >= 0.6 is 15.9 Å². The smallest absolute Gasteiger partial charge is 0.145 e. The molecule has 0 saturated heterocycles. The maximum atomic E-state index is 5.53. The van der Waals surface area contributed by atoms with Crippen molar-refractivity contribution in [2.45, 2.75) is 6.54 Å². The number of nitrogens with zero attached hydrogens (tertiary/aromatic N) is 3. The zero-order valence-corrected chi connectivity index (χ0v) is 8.98. The van der Waals surface area contributed by atoms with Gasteiger partial charge in [0.15, 0.2) is 0 Å². The minimum absolute atomic E-state index is 0.385. The molecule has 0 spiro atoms. The summed E-state index contributed by atoms with van der Waals surface area (Å²) in [6, 6.07) is 7.82. The van der Waals surface area contributed by atoms with Gasteiger partial charge in [0.1, 0.15) is 12.2 Å². The van der Waals surface area contributed by atoms with Crippen LogP contribution in [0.4, 0.5) is 0 Å². The monoisotopic (exact) mass is 252 g/mol. The number of benzene rings is 1. The van der Waals surface area contributed by atoms with Gasteiger partial charge in [0.25, 0.3) is 0 Å². The Balaban J connectivity index is 2.44. The van der Waals surface area contributed by atoms with E-state index in [1.54, 1.807) is 4.68 Å². The molecular weight excluding hydrogens is 244 g/mol. The number of halogens is 1. The molecule has 2 N–H and O–H groups in total. The minimum atomic E-state index is 0.385. The molecular formula is C9H9BrN4. The van der Waals surface area contributed by atoms with E-state index in [0.29, 0.717) is 6.54 Å². The number of nitrogens with two attached hydrogens (primary N) is 1. The summed E-state index contributed by atoms with van der Waals surface area (Å²) in [5.41, 5.74) is 6.49. The molecule has 0 aliphatic carbocycles. The Morgan fingerprint density at radius 1 is 1.29 bits per heavy atom. The molecule has 0 saturated carbocycles. The van der Waals surface area contributed by atoms with E-state index in [1.807, 2.05) is 24.3 Å². The number of aromatic nitrogens is 3. The Labute approximate surface area is 89.9 Å². The van der Waals surface area contributed by atoms with Crippen molar-refractivity contribution in [1.29, 1.82) is 0 Å². The Kier molecular flexibility index (Phi) is 2.60. The molecule has 0 aliphatic rings. The first-order chi connectivity index (χ1) is 6.81. The van der Waals surface area contributed by atoms with Gasteiger partial charge < -0.3 is 5.73 Å². The topological polar surface area (TPSA) is 56.7 Å². The summed E-state index contributed by atoms with van der Waals surface area (Å²) in [5.74, 6) is 0.757. The van der Waals surface area contributed by atoms with Crippen molar-refractivity contribution in [3.8, 4) is 5.69 Å². The quantitative estimate of drug-likeness (QED) is 0.882. The molecule has 1 aromatic heterocycles. The van der Waals surface area contributed by atoms with Crippen LogP contribution in [-0.2, 0) is 6.54 Å². The van der Waals surface area contributed by atoms with Crippen LogP contribution < -0.4 is 5.73 Å². The van der Waals surface area contributed by atoms with Crippen LogP contribution in [0, 0.1) is 0 Å². The van der Waals surface area contributed by atoms with Crippen molar-refractivity contribution in [2.24, 2.45) is 5.73 Å². The highest BCUT2D eigenvalue weighted by atomic mass is 79.9. The summed E-state index contributed by atoms with van der Waals surface area (Å²) in [6.07, 6.45) is 1.50. The van der Waals surface area contributed by atoms with Crippen LogP contribution in [0.1, 0.15) is 5.82 Å². The highest BCUT2D eigenvalue weighted by Crippen LogP contribution is 2.13. The molecule has 2 rings (SSSR count). The molecule has 0 fully saturated rings. The molecule has 2 aromatic rings. The molecule has 14 heavy (non-hydrogen) atoms. The number of hydrogen-bond donors (Lipinski definition) is 1. The van der Waals surface area contributed by atoms with E-state index < -0.39 is 0 Å². The van der Waals surface area contributed by atoms with Crippen LogP contribution in [0.2, 0.25) is 0 Å². The summed E-state index contributed by atoms with van der Waals surface area (Å²) in [6.45, 7) is 0.385. The van der Waals surface area contributed by atoms with E-state index in [2.05, 4.69) is 26.0 Å². The van der Waals surface area contributed by atoms with E-state index in [9.17, 15) is 0 Å². The first-order valence-corrected chi connectivity index (χ1v) is 4.95. The van der Waals surface area contributed by atoms with Crippen LogP contribution in [0.15, 0.2) is 35.1 Å². The van der Waals surface area contributed by atoms with Crippen molar-refractivity contribution in [3.05, 3.63) is 40.9 Å². The fraction of sp³-hybridized carbons (Fsp3) is 0.111. The van der Waals surface area contributed by atoms with Crippen molar-refractivity contribution in [2.75, 3.05) is 0 Å². The van der Waals surface area contributed by atoms with Gasteiger partial charge in [-0.25, -0.2) is 9.67 Å². The van der Waals surface area contributed by atoms with Gasteiger partial charge in [-0.1, -0.05) is 15.9 Å². The second-order valence-corrected chi connectivity index (χ2v) is 3.68. The number of hydrogen-bond acceptors (Lipinski definition) is 3.